The molecule has 1 saturated heterocycles. The summed E-state index contributed by atoms with van der Waals surface area (Å²) >= 11 is 0. The largest absolute Gasteiger partial charge is 0.457 e. The second-order valence-corrected chi connectivity index (χ2v) is 20.9. The lowest BCUT2D eigenvalue weighted by molar-refractivity contribution is -0.301. The van der Waals surface area contributed by atoms with Gasteiger partial charge >= 0.3 is 16.4 Å². The van der Waals surface area contributed by atoms with Crippen molar-refractivity contribution in [2.45, 2.75) is 282 Å². The van der Waals surface area contributed by atoms with Gasteiger partial charge in [-0.25, -0.2) is 4.18 Å². The molecular formula is C59H106O12S. The summed E-state index contributed by atoms with van der Waals surface area (Å²) in [4.78, 5) is 13.0. The van der Waals surface area contributed by atoms with Gasteiger partial charge in [0, 0.05) is 13.0 Å². The van der Waals surface area contributed by atoms with Gasteiger partial charge in [-0.2, -0.15) is 8.42 Å². The van der Waals surface area contributed by atoms with Crippen molar-refractivity contribution < 1.29 is 56.2 Å². The molecular weight excluding hydrogens is 933 g/mol. The van der Waals surface area contributed by atoms with Gasteiger partial charge in [0.25, 0.3) is 0 Å². The third-order valence-corrected chi connectivity index (χ3v) is 13.6. The van der Waals surface area contributed by atoms with E-state index in [1.165, 1.54) is 154 Å². The van der Waals surface area contributed by atoms with Crippen LogP contribution in [0.4, 0.5) is 0 Å². The number of unbranched alkanes of at least 4 members (excludes halogenated alkanes) is 28. The molecule has 6 atom stereocenters. The summed E-state index contributed by atoms with van der Waals surface area (Å²) in [6.45, 7) is 3.97. The molecule has 1 aliphatic heterocycles. The van der Waals surface area contributed by atoms with Crippen LogP contribution in [-0.2, 0) is 38.3 Å². The lowest BCUT2D eigenvalue weighted by Gasteiger charge is -2.41. The minimum atomic E-state index is -5.07. The van der Waals surface area contributed by atoms with Gasteiger partial charge in [-0.05, 0) is 83.5 Å². The van der Waals surface area contributed by atoms with Crippen molar-refractivity contribution in [3.63, 3.8) is 0 Å². The molecule has 4 N–H and O–H groups in total. The van der Waals surface area contributed by atoms with Gasteiger partial charge in [-0.15, -0.1) is 0 Å². The summed E-state index contributed by atoms with van der Waals surface area (Å²) in [7, 11) is -5.07. The van der Waals surface area contributed by atoms with E-state index in [2.05, 4.69) is 78.8 Å². The van der Waals surface area contributed by atoms with Crippen LogP contribution < -0.4 is 0 Å². The van der Waals surface area contributed by atoms with Crippen LogP contribution in [0.15, 0.2) is 60.8 Å². The number of aliphatic hydroxyl groups excluding tert-OH is 3. The Kier molecular flexibility index (Phi) is 46.8. The van der Waals surface area contributed by atoms with Crippen molar-refractivity contribution in [1.82, 2.24) is 0 Å². The van der Waals surface area contributed by atoms with Crippen molar-refractivity contribution in [3.8, 4) is 0 Å². The first-order chi connectivity index (χ1) is 35.1. The number of allylic oxidation sites excluding steroid dienone is 10. The van der Waals surface area contributed by atoms with Crippen LogP contribution in [0.3, 0.4) is 0 Å². The number of carbonyl (C=O) groups is 1. The Labute approximate surface area is 439 Å². The molecule has 0 aromatic rings. The highest BCUT2D eigenvalue weighted by Crippen LogP contribution is 2.26. The zero-order chi connectivity index (χ0) is 52.4. The number of hydrogen-bond donors (Lipinski definition) is 4. The van der Waals surface area contributed by atoms with Crippen LogP contribution >= 0.6 is 0 Å². The van der Waals surface area contributed by atoms with E-state index in [4.69, 9.17) is 18.9 Å². The molecule has 6 unspecified atom stereocenters. The molecule has 0 bridgehead atoms. The van der Waals surface area contributed by atoms with Gasteiger partial charge in [0.1, 0.15) is 30.5 Å². The van der Waals surface area contributed by atoms with E-state index in [-0.39, 0.29) is 19.6 Å². The Morgan fingerprint density at radius 2 is 0.917 bits per heavy atom. The fourth-order valence-electron chi connectivity index (χ4n) is 8.71. The summed E-state index contributed by atoms with van der Waals surface area (Å²) in [5, 5.41) is 30.8. The predicted octanol–water partition coefficient (Wildman–Crippen LogP) is 14.4. The molecule has 1 rings (SSSR count). The van der Waals surface area contributed by atoms with Crippen molar-refractivity contribution in [1.29, 1.82) is 0 Å². The molecule has 13 heteroatoms. The van der Waals surface area contributed by atoms with Crippen LogP contribution in [0, 0.1) is 0 Å². The van der Waals surface area contributed by atoms with Crippen LogP contribution in [0.5, 0.6) is 0 Å². The lowest BCUT2D eigenvalue weighted by atomic mass is 9.99. The Bertz CT molecular complexity index is 1480. The summed E-state index contributed by atoms with van der Waals surface area (Å²) in [5.74, 6) is -0.404. The van der Waals surface area contributed by atoms with Crippen LogP contribution in [-0.4, -0.2) is 97.5 Å². The normalized spacial score (nSPS) is 19.3. The number of carbonyl (C=O) groups excluding carboxylic acids is 1. The summed E-state index contributed by atoms with van der Waals surface area (Å²) in [6.07, 6.45) is 55.3. The number of hydrogen-bond acceptors (Lipinski definition) is 11. The SMILES string of the molecule is CCCCCCC/C=C\C/C=C\C/C=C\CCCCCCCCCOCC(COC1OC(CO)C(O)C(OS(=O)(=O)O)C1O)OC(=O)CCCCCCCCCCCCC/C=C\C/C=C\CCCCCCC. The molecule has 0 radical (unpaired) electrons. The summed E-state index contributed by atoms with van der Waals surface area (Å²) in [5.41, 5.74) is 0. The quantitative estimate of drug-likeness (QED) is 0.0196. The monoisotopic (exact) mass is 1040 g/mol. The maximum atomic E-state index is 13.0. The number of esters is 1. The molecule has 1 aliphatic rings. The standard InChI is InChI=1S/C59H106O12S/c1-3-5-7-9-11-13-15-17-19-21-23-25-27-28-30-32-34-36-38-40-42-44-46-48-55(61)69-53(52-68-59-57(63)58(71-72(64,65)66)56(62)54(50-60)70-59)51-67-49-47-45-43-41-39-37-35-33-31-29-26-24-22-20-18-16-14-12-10-8-6-4-2/h15-18,21-24,29,31,53-54,56-60,62-63H,3-14,19-20,25-28,30,32-52H2,1-2H3,(H,64,65,66)/b17-15-,18-16-,23-21-,24-22-,31-29-. The molecule has 0 amide bonds. The van der Waals surface area contributed by atoms with Gasteiger partial charge in [0.2, 0.25) is 0 Å². The average Bonchev–Trinajstić information content (AvgIpc) is 3.36. The van der Waals surface area contributed by atoms with E-state index in [1.807, 2.05) is 0 Å². The maximum absolute atomic E-state index is 13.0. The van der Waals surface area contributed by atoms with Crippen molar-refractivity contribution in [2.75, 3.05) is 26.4 Å². The molecule has 72 heavy (non-hydrogen) atoms. The van der Waals surface area contributed by atoms with Crippen molar-refractivity contribution in [2.24, 2.45) is 0 Å². The van der Waals surface area contributed by atoms with Crippen LogP contribution in [0.25, 0.3) is 0 Å². The van der Waals surface area contributed by atoms with Crippen molar-refractivity contribution >= 4 is 16.4 Å². The van der Waals surface area contributed by atoms with Gasteiger partial charge < -0.3 is 34.3 Å². The molecule has 0 aromatic carbocycles. The number of rotatable bonds is 51. The lowest BCUT2D eigenvalue weighted by Crippen LogP contribution is -2.60. The topological polar surface area (TPSA) is 178 Å². The highest BCUT2D eigenvalue weighted by molar-refractivity contribution is 7.80. The molecule has 0 aromatic heterocycles. The first kappa shape index (κ1) is 67.8. The molecule has 0 spiro atoms. The molecule has 0 aliphatic carbocycles. The highest BCUT2D eigenvalue weighted by atomic mass is 32.3. The van der Waals surface area contributed by atoms with Gasteiger partial charge in [0.15, 0.2) is 6.29 Å². The van der Waals surface area contributed by atoms with Gasteiger partial charge in [-0.3, -0.25) is 9.35 Å². The van der Waals surface area contributed by atoms with E-state index in [0.717, 1.165) is 64.2 Å². The minimum absolute atomic E-state index is 0.0272. The molecule has 1 heterocycles. The summed E-state index contributed by atoms with van der Waals surface area (Å²) in [6, 6.07) is 0. The van der Waals surface area contributed by atoms with Crippen LogP contribution in [0.1, 0.15) is 245 Å². The average molecular weight is 1040 g/mol. The summed E-state index contributed by atoms with van der Waals surface area (Å²) < 4.78 is 59.4. The van der Waals surface area contributed by atoms with E-state index < -0.39 is 59.8 Å². The minimum Gasteiger partial charge on any atom is -0.457 e. The van der Waals surface area contributed by atoms with E-state index in [9.17, 15) is 33.1 Å². The van der Waals surface area contributed by atoms with E-state index in [1.54, 1.807) is 0 Å². The zero-order valence-corrected chi connectivity index (χ0v) is 46.3. The molecule has 12 nitrogen and oxygen atoms in total. The first-order valence-corrected chi connectivity index (χ1v) is 30.4. The molecule has 1 fully saturated rings. The highest BCUT2D eigenvalue weighted by Gasteiger charge is 2.48. The fourth-order valence-corrected chi connectivity index (χ4v) is 9.22. The maximum Gasteiger partial charge on any atom is 0.397 e. The Morgan fingerprint density at radius 1 is 0.528 bits per heavy atom. The predicted molar refractivity (Wildman–Crippen MR) is 294 cm³/mol. The Morgan fingerprint density at radius 3 is 1.33 bits per heavy atom. The molecule has 420 valence electrons. The second-order valence-electron chi connectivity index (χ2n) is 19.9. The smallest absolute Gasteiger partial charge is 0.397 e. The third kappa shape index (κ3) is 42.1. The number of aliphatic hydroxyl groups is 3. The Hall–Kier alpha value is -2.20. The first-order valence-electron chi connectivity index (χ1n) is 29.0. The zero-order valence-electron chi connectivity index (χ0n) is 45.5. The van der Waals surface area contributed by atoms with Crippen LogP contribution in [0.2, 0.25) is 0 Å². The van der Waals surface area contributed by atoms with Crippen molar-refractivity contribution in [3.05, 3.63) is 60.8 Å². The molecule has 0 saturated carbocycles. The third-order valence-electron chi connectivity index (χ3n) is 13.1. The van der Waals surface area contributed by atoms with Gasteiger partial charge in [0.05, 0.1) is 19.8 Å². The van der Waals surface area contributed by atoms with E-state index in [0.29, 0.717) is 13.0 Å². The van der Waals surface area contributed by atoms with E-state index >= 15 is 0 Å². The number of ether oxygens (including phenoxy) is 4. The second kappa shape index (κ2) is 49.7. The Balaban J connectivity index is 2.32. The van der Waals surface area contributed by atoms with Gasteiger partial charge in [-0.1, -0.05) is 216 Å². The fraction of sp³-hybridized carbons (Fsp3) is 0.814.